The van der Waals surface area contributed by atoms with Crippen LogP contribution < -0.4 is 0 Å². The monoisotopic (exact) mass is 253 g/mol. The number of benzene rings is 1. The molecule has 3 nitrogen and oxygen atoms in total. The van der Waals surface area contributed by atoms with E-state index in [1.165, 1.54) is 12.1 Å². The van der Waals surface area contributed by atoms with Gasteiger partial charge in [0.05, 0.1) is 6.61 Å². The minimum atomic E-state index is -0.283. The van der Waals surface area contributed by atoms with Gasteiger partial charge in [0.15, 0.2) is 0 Å². The van der Waals surface area contributed by atoms with Gasteiger partial charge in [0, 0.05) is 19.5 Å². The highest BCUT2D eigenvalue weighted by Crippen LogP contribution is 2.20. The molecule has 1 rings (SSSR count). The molecule has 100 valence electrons. The number of hydrogen-bond donors (Lipinski definition) is 1. The number of carbonyl (C=O) groups excluding carboxylic acids is 1. The Bertz CT molecular complexity index is 395. The second kappa shape index (κ2) is 7.11. The van der Waals surface area contributed by atoms with Gasteiger partial charge in [-0.3, -0.25) is 4.79 Å². The number of nitrogens with zero attached hydrogens (tertiary/aromatic N) is 1. The number of amides is 1. The summed E-state index contributed by atoms with van der Waals surface area (Å²) in [7, 11) is 0. The third-order valence-corrected chi connectivity index (χ3v) is 3.00. The van der Waals surface area contributed by atoms with Crippen LogP contribution in [0.5, 0.6) is 0 Å². The highest BCUT2D eigenvalue weighted by Gasteiger charge is 2.16. The molecule has 0 spiro atoms. The van der Waals surface area contributed by atoms with E-state index in [1.54, 1.807) is 11.0 Å². The minimum Gasteiger partial charge on any atom is -0.395 e. The van der Waals surface area contributed by atoms with Crippen molar-refractivity contribution in [3.63, 3.8) is 0 Å². The summed E-state index contributed by atoms with van der Waals surface area (Å²) in [6.45, 7) is 4.67. The maximum atomic E-state index is 13.1. The first kappa shape index (κ1) is 14.6. The van der Waals surface area contributed by atoms with Gasteiger partial charge in [-0.2, -0.15) is 0 Å². The number of rotatable bonds is 6. The predicted molar refractivity (Wildman–Crippen MR) is 68.8 cm³/mol. The van der Waals surface area contributed by atoms with Crippen LogP contribution in [0.1, 0.15) is 31.7 Å². The van der Waals surface area contributed by atoms with Crippen molar-refractivity contribution in [3.05, 3.63) is 35.6 Å². The number of carbonyl (C=O) groups is 1. The molecule has 1 N–H and O–H groups in total. The molecule has 18 heavy (non-hydrogen) atoms. The second-order valence-electron chi connectivity index (χ2n) is 4.36. The lowest BCUT2D eigenvalue weighted by atomic mass is 9.97. The first-order valence-electron chi connectivity index (χ1n) is 6.22. The molecular formula is C14H20FNO2. The van der Waals surface area contributed by atoms with Crippen molar-refractivity contribution in [2.75, 3.05) is 19.7 Å². The fraction of sp³-hybridized carbons (Fsp3) is 0.500. The standard InChI is InChI=1S/C14H20FNO2/c1-3-16(7-8-17)14(18)9-11(2)12-5-4-6-13(15)10-12/h4-6,10-11,17H,3,7-9H2,1-2H3. The van der Waals surface area contributed by atoms with Gasteiger partial charge in [0.1, 0.15) is 5.82 Å². The zero-order chi connectivity index (χ0) is 13.5. The fourth-order valence-electron chi connectivity index (χ4n) is 1.90. The van der Waals surface area contributed by atoms with Crippen LogP contribution in [0.15, 0.2) is 24.3 Å². The van der Waals surface area contributed by atoms with Crippen LogP contribution in [0, 0.1) is 5.82 Å². The molecule has 1 aromatic carbocycles. The molecule has 1 atom stereocenters. The van der Waals surface area contributed by atoms with E-state index in [9.17, 15) is 9.18 Å². The molecule has 1 amide bonds. The van der Waals surface area contributed by atoms with E-state index >= 15 is 0 Å². The summed E-state index contributed by atoms with van der Waals surface area (Å²) in [4.78, 5) is 13.6. The van der Waals surface area contributed by atoms with E-state index in [1.807, 2.05) is 19.9 Å². The van der Waals surface area contributed by atoms with Gasteiger partial charge in [-0.1, -0.05) is 19.1 Å². The van der Waals surface area contributed by atoms with E-state index in [0.29, 0.717) is 19.5 Å². The van der Waals surface area contributed by atoms with Gasteiger partial charge in [-0.25, -0.2) is 4.39 Å². The molecular weight excluding hydrogens is 233 g/mol. The third-order valence-electron chi connectivity index (χ3n) is 3.00. The van der Waals surface area contributed by atoms with Crippen molar-refractivity contribution < 1.29 is 14.3 Å². The summed E-state index contributed by atoms with van der Waals surface area (Å²) in [6.07, 6.45) is 0.331. The maximum Gasteiger partial charge on any atom is 0.223 e. The summed E-state index contributed by atoms with van der Waals surface area (Å²) in [6, 6.07) is 6.32. The van der Waals surface area contributed by atoms with Gasteiger partial charge < -0.3 is 10.0 Å². The van der Waals surface area contributed by atoms with E-state index in [2.05, 4.69) is 0 Å². The molecule has 0 saturated heterocycles. The van der Waals surface area contributed by atoms with Gasteiger partial charge in [-0.15, -0.1) is 0 Å². The molecule has 0 aromatic heterocycles. The van der Waals surface area contributed by atoms with Gasteiger partial charge >= 0.3 is 0 Å². The highest BCUT2D eigenvalue weighted by molar-refractivity contribution is 5.77. The van der Waals surface area contributed by atoms with Gasteiger partial charge in [0.25, 0.3) is 0 Å². The average Bonchev–Trinajstić information content (AvgIpc) is 2.35. The first-order valence-corrected chi connectivity index (χ1v) is 6.22. The lowest BCUT2D eigenvalue weighted by Gasteiger charge is -2.22. The van der Waals surface area contributed by atoms with E-state index in [4.69, 9.17) is 5.11 Å². The summed E-state index contributed by atoms with van der Waals surface area (Å²) in [5.74, 6) is -0.321. The second-order valence-corrected chi connectivity index (χ2v) is 4.36. The van der Waals surface area contributed by atoms with Crippen LogP contribution in [0.4, 0.5) is 4.39 Å². The number of aliphatic hydroxyl groups excluding tert-OH is 1. The van der Waals surface area contributed by atoms with Crippen molar-refractivity contribution in [1.29, 1.82) is 0 Å². The SMILES string of the molecule is CCN(CCO)C(=O)CC(C)c1cccc(F)c1. The van der Waals surface area contributed by atoms with Crippen LogP contribution in [-0.4, -0.2) is 35.6 Å². The highest BCUT2D eigenvalue weighted by atomic mass is 19.1. The molecule has 0 radical (unpaired) electrons. The normalized spacial score (nSPS) is 12.2. The molecule has 0 fully saturated rings. The van der Waals surface area contributed by atoms with E-state index in [-0.39, 0.29) is 24.2 Å². The summed E-state index contributed by atoms with van der Waals surface area (Å²) in [5, 5.41) is 8.86. The Labute approximate surface area is 107 Å². The minimum absolute atomic E-state index is 0.0108. The lowest BCUT2D eigenvalue weighted by Crippen LogP contribution is -2.33. The van der Waals surface area contributed by atoms with Crippen molar-refractivity contribution in [1.82, 2.24) is 4.90 Å². The number of hydrogen-bond acceptors (Lipinski definition) is 2. The maximum absolute atomic E-state index is 13.1. The van der Waals surface area contributed by atoms with E-state index in [0.717, 1.165) is 5.56 Å². The van der Waals surface area contributed by atoms with Crippen LogP contribution >= 0.6 is 0 Å². The molecule has 0 saturated carbocycles. The van der Waals surface area contributed by atoms with Crippen molar-refractivity contribution in [2.24, 2.45) is 0 Å². The number of halogens is 1. The van der Waals surface area contributed by atoms with Crippen LogP contribution in [0.25, 0.3) is 0 Å². The van der Waals surface area contributed by atoms with Crippen LogP contribution in [0.3, 0.4) is 0 Å². The Morgan fingerprint density at radius 3 is 2.78 bits per heavy atom. The first-order chi connectivity index (χ1) is 8.58. The molecule has 0 aliphatic carbocycles. The van der Waals surface area contributed by atoms with Crippen molar-refractivity contribution in [2.45, 2.75) is 26.2 Å². The Morgan fingerprint density at radius 2 is 2.22 bits per heavy atom. The molecule has 1 aromatic rings. The molecule has 4 heteroatoms. The zero-order valence-electron chi connectivity index (χ0n) is 10.9. The third kappa shape index (κ3) is 4.11. The Morgan fingerprint density at radius 1 is 1.50 bits per heavy atom. The zero-order valence-corrected chi connectivity index (χ0v) is 10.9. The van der Waals surface area contributed by atoms with E-state index < -0.39 is 0 Å². The Balaban J connectivity index is 2.63. The molecule has 0 bridgehead atoms. The summed E-state index contributed by atoms with van der Waals surface area (Å²) >= 11 is 0. The Kier molecular flexibility index (Phi) is 5.78. The molecule has 0 heterocycles. The number of aliphatic hydroxyl groups is 1. The van der Waals surface area contributed by atoms with Crippen molar-refractivity contribution >= 4 is 5.91 Å². The van der Waals surface area contributed by atoms with Crippen LogP contribution in [-0.2, 0) is 4.79 Å². The lowest BCUT2D eigenvalue weighted by molar-refractivity contribution is -0.131. The average molecular weight is 253 g/mol. The van der Waals surface area contributed by atoms with Gasteiger partial charge in [-0.05, 0) is 30.5 Å². The van der Waals surface area contributed by atoms with Gasteiger partial charge in [0.2, 0.25) is 5.91 Å². The fourth-order valence-corrected chi connectivity index (χ4v) is 1.90. The smallest absolute Gasteiger partial charge is 0.223 e. The quantitative estimate of drug-likeness (QED) is 0.844. The topological polar surface area (TPSA) is 40.5 Å². The summed E-state index contributed by atoms with van der Waals surface area (Å²) < 4.78 is 13.1. The Hall–Kier alpha value is -1.42. The van der Waals surface area contributed by atoms with Crippen LogP contribution in [0.2, 0.25) is 0 Å². The molecule has 0 aliphatic rings. The molecule has 0 aliphatic heterocycles. The largest absolute Gasteiger partial charge is 0.395 e. The predicted octanol–water partition coefficient (Wildman–Crippen LogP) is 2.16. The number of likely N-dealkylation sites (N-methyl/N-ethyl adjacent to an activating group) is 1. The summed E-state index contributed by atoms with van der Waals surface area (Å²) in [5.41, 5.74) is 0.823. The molecule has 1 unspecified atom stereocenters. The van der Waals surface area contributed by atoms with Crippen molar-refractivity contribution in [3.8, 4) is 0 Å².